The topological polar surface area (TPSA) is 49.8 Å². The summed E-state index contributed by atoms with van der Waals surface area (Å²) in [6.07, 6.45) is -12.0. The molecule has 0 bridgehead atoms. The smallest absolute Gasteiger partial charge is 0.416 e. The van der Waals surface area contributed by atoms with Crippen molar-refractivity contribution < 1.29 is 49.8 Å². The molecule has 3 atom stereocenters. The van der Waals surface area contributed by atoms with E-state index in [0.717, 1.165) is 12.0 Å². The molecule has 0 aliphatic carbocycles. The standard InChI is InChI=1S/C25H33F8NO3/c1-21(2,3)12-9-19(10-13-22(26,27)28)34-14-11-18(15-20(35)37-4)23(29,30)24(34,36)16-5-7-17(8-6-16)25(31,32)33/h5-8,18-19,36H,9-15H2,1-4H3/t18-,19?,24-/m0/s1. The molecule has 212 valence electrons. The number of benzene rings is 1. The molecule has 1 N–H and O–H groups in total. The van der Waals surface area contributed by atoms with E-state index in [2.05, 4.69) is 4.74 Å². The molecule has 0 radical (unpaired) electrons. The minimum absolute atomic E-state index is 0.0280. The second kappa shape index (κ2) is 11.0. The van der Waals surface area contributed by atoms with Gasteiger partial charge in [0.25, 0.3) is 5.92 Å². The normalized spacial score (nSPS) is 24.1. The van der Waals surface area contributed by atoms with E-state index in [1.54, 1.807) is 0 Å². The molecular weight excluding hydrogens is 514 g/mol. The number of piperidine rings is 1. The maximum absolute atomic E-state index is 16.0. The molecule has 0 saturated carbocycles. The highest BCUT2D eigenvalue weighted by Crippen LogP contribution is 2.53. The number of esters is 1. The summed E-state index contributed by atoms with van der Waals surface area (Å²) in [7, 11) is 0.997. The largest absolute Gasteiger partial charge is 0.469 e. The number of halogens is 8. The van der Waals surface area contributed by atoms with Crippen LogP contribution in [0.2, 0.25) is 0 Å². The van der Waals surface area contributed by atoms with Gasteiger partial charge in [-0.3, -0.25) is 9.69 Å². The van der Waals surface area contributed by atoms with Gasteiger partial charge in [-0.15, -0.1) is 0 Å². The first-order valence-electron chi connectivity index (χ1n) is 11.9. The van der Waals surface area contributed by atoms with Gasteiger partial charge >= 0.3 is 18.3 Å². The summed E-state index contributed by atoms with van der Waals surface area (Å²) < 4.78 is 115. The quantitative estimate of drug-likeness (QED) is 0.284. The zero-order valence-corrected chi connectivity index (χ0v) is 21.1. The first-order chi connectivity index (χ1) is 16.7. The molecule has 1 saturated heterocycles. The first-order valence-corrected chi connectivity index (χ1v) is 11.9. The average Bonchev–Trinajstić information content (AvgIpc) is 2.76. The number of hydrogen-bond acceptors (Lipinski definition) is 4. The van der Waals surface area contributed by atoms with E-state index in [-0.39, 0.29) is 24.8 Å². The van der Waals surface area contributed by atoms with Crippen molar-refractivity contribution in [1.29, 1.82) is 0 Å². The zero-order valence-electron chi connectivity index (χ0n) is 21.1. The highest BCUT2D eigenvalue weighted by Gasteiger charge is 2.65. The van der Waals surface area contributed by atoms with Crippen LogP contribution in [0.1, 0.15) is 70.4 Å². The Bertz CT molecular complexity index is 890. The molecule has 1 aromatic carbocycles. The minimum atomic E-state index is -4.77. The summed E-state index contributed by atoms with van der Waals surface area (Å²) in [5, 5.41) is 11.7. The summed E-state index contributed by atoms with van der Waals surface area (Å²) in [5.74, 6) is -6.85. The number of nitrogens with zero attached hydrogens (tertiary/aromatic N) is 1. The van der Waals surface area contributed by atoms with Crippen LogP contribution in [0.3, 0.4) is 0 Å². The van der Waals surface area contributed by atoms with Gasteiger partial charge in [-0.05, 0) is 43.2 Å². The maximum Gasteiger partial charge on any atom is 0.416 e. The van der Waals surface area contributed by atoms with E-state index in [9.17, 15) is 36.2 Å². The molecule has 1 fully saturated rings. The van der Waals surface area contributed by atoms with Crippen LogP contribution in [-0.2, 0) is 21.4 Å². The molecule has 4 nitrogen and oxygen atoms in total. The third-order valence-corrected chi connectivity index (χ3v) is 6.80. The van der Waals surface area contributed by atoms with E-state index < -0.39 is 72.3 Å². The third kappa shape index (κ3) is 7.55. The zero-order chi connectivity index (χ0) is 28.4. The molecule has 2 rings (SSSR count). The van der Waals surface area contributed by atoms with Crippen molar-refractivity contribution in [2.75, 3.05) is 13.7 Å². The van der Waals surface area contributed by atoms with E-state index >= 15 is 8.78 Å². The fourth-order valence-electron chi connectivity index (χ4n) is 4.71. The van der Waals surface area contributed by atoms with Crippen LogP contribution in [0.5, 0.6) is 0 Å². The van der Waals surface area contributed by atoms with E-state index in [1.807, 2.05) is 20.8 Å². The van der Waals surface area contributed by atoms with Gasteiger partial charge in [0.2, 0.25) is 5.72 Å². The van der Waals surface area contributed by atoms with Gasteiger partial charge in [-0.2, -0.15) is 26.3 Å². The molecule has 1 unspecified atom stereocenters. The van der Waals surface area contributed by atoms with E-state index in [0.29, 0.717) is 30.7 Å². The summed E-state index contributed by atoms with van der Waals surface area (Å²) in [6.45, 7) is 5.18. The molecule has 0 amide bonds. The molecule has 1 aromatic rings. The Morgan fingerprint density at radius 1 is 1.05 bits per heavy atom. The average molecular weight is 548 g/mol. The Morgan fingerprint density at radius 3 is 2.05 bits per heavy atom. The van der Waals surface area contributed by atoms with Gasteiger partial charge in [0.15, 0.2) is 0 Å². The van der Waals surface area contributed by atoms with Gasteiger partial charge in [-0.25, -0.2) is 8.78 Å². The summed E-state index contributed by atoms with van der Waals surface area (Å²) in [5.41, 5.74) is -5.37. The molecule has 0 spiro atoms. The van der Waals surface area contributed by atoms with E-state index in [4.69, 9.17) is 0 Å². The number of ether oxygens (including phenoxy) is 1. The van der Waals surface area contributed by atoms with Gasteiger partial charge < -0.3 is 9.84 Å². The number of alkyl halides is 8. The van der Waals surface area contributed by atoms with Gasteiger partial charge in [-0.1, -0.05) is 32.9 Å². The fourth-order valence-corrected chi connectivity index (χ4v) is 4.71. The number of hydrogen-bond donors (Lipinski definition) is 1. The minimum Gasteiger partial charge on any atom is -0.469 e. The van der Waals surface area contributed by atoms with Crippen molar-refractivity contribution in [2.45, 2.75) is 89.3 Å². The Labute approximate surface area is 211 Å². The number of aliphatic hydroxyl groups is 1. The van der Waals surface area contributed by atoms with Crippen molar-refractivity contribution in [3.8, 4) is 0 Å². The number of rotatable bonds is 8. The van der Waals surface area contributed by atoms with Gasteiger partial charge in [0.05, 0.1) is 19.1 Å². The van der Waals surface area contributed by atoms with Crippen molar-refractivity contribution in [1.82, 2.24) is 4.90 Å². The number of carbonyl (C=O) groups is 1. The van der Waals surface area contributed by atoms with Crippen LogP contribution >= 0.6 is 0 Å². The molecule has 1 aliphatic heterocycles. The lowest BCUT2D eigenvalue weighted by atomic mass is 9.76. The summed E-state index contributed by atoms with van der Waals surface area (Å²) >= 11 is 0. The predicted molar refractivity (Wildman–Crippen MR) is 119 cm³/mol. The lowest BCUT2D eigenvalue weighted by Crippen LogP contribution is -2.67. The summed E-state index contributed by atoms with van der Waals surface area (Å²) in [6, 6.07) is 1.30. The second-order valence-corrected chi connectivity index (χ2v) is 10.7. The maximum atomic E-state index is 16.0. The lowest BCUT2D eigenvalue weighted by Gasteiger charge is -2.54. The van der Waals surface area contributed by atoms with Crippen molar-refractivity contribution in [3.05, 3.63) is 35.4 Å². The van der Waals surface area contributed by atoms with Crippen LogP contribution in [0, 0.1) is 11.3 Å². The predicted octanol–water partition coefficient (Wildman–Crippen LogP) is 6.91. The molecular formula is C25H33F8NO3. The van der Waals surface area contributed by atoms with Crippen LogP contribution in [0.15, 0.2) is 24.3 Å². The van der Waals surface area contributed by atoms with Crippen LogP contribution in [0.25, 0.3) is 0 Å². The van der Waals surface area contributed by atoms with Gasteiger partial charge in [0.1, 0.15) is 0 Å². The van der Waals surface area contributed by atoms with Crippen LogP contribution in [0.4, 0.5) is 35.1 Å². The monoisotopic (exact) mass is 547 g/mol. The molecule has 37 heavy (non-hydrogen) atoms. The van der Waals surface area contributed by atoms with Crippen LogP contribution in [-0.4, -0.2) is 47.8 Å². The highest BCUT2D eigenvalue weighted by atomic mass is 19.4. The van der Waals surface area contributed by atoms with E-state index in [1.165, 1.54) is 0 Å². The second-order valence-electron chi connectivity index (χ2n) is 10.7. The SMILES string of the molecule is COC(=O)C[C@@H]1CCN(C(CCC(C)(C)C)CCC(F)(F)F)[C@](O)(c2ccc(C(F)(F)F)cc2)C1(F)F. The Morgan fingerprint density at radius 2 is 1.59 bits per heavy atom. The third-order valence-electron chi connectivity index (χ3n) is 6.80. The number of methoxy groups -OCH3 is 1. The van der Waals surface area contributed by atoms with Crippen molar-refractivity contribution >= 4 is 5.97 Å². The highest BCUT2D eigenvalue weighted by molar-refractivity contribution is 5.69. The molecule has 1 heterocycles. The van der Waals surface area contributed by atoms with Crippen molar-refractivity contribution in [2.24, 2.45) is 11.3 Å². The van der Waals surface area contributed by atoms with Crippen molar-refractivity contribution in [3.63, 3.8) is 0 Å². The van der Waals surface area contributed by atoms with Gasteiger partial charge in [0, 0.05) is 30.5 Å². The molecule has 12 heteroatoms. The Balaban J connectivity index is 2.62. The Hall–Kier alpha value is -1.95. The Kier molecular flexibility index (Phi) is 9.33. The van der Waals surface area contributed by atoms with Crippen LogP contribution < -0.4 is 0 Å². The first kappa shape index (κ1) is 31.3. The molecule has 0 aromatic heterocycles. The fraction of sp³-hybridized carbons (Fsp3) is 0.720. The molecule has 1 aliphatic rings. The number of carbonyl (C=O) groups excluding carboxylic acids is 1. The lowest BCUT2D eigenvalue weighted by molar-refractivity contribution is -0.318. The summed E-state index contributed by atoms with van der Waals surface area (Å²) in [4.78, 5) is 12.7. The number of likely N-dealkylation sites (tertiary alicyclic amines) is 1.